The summed E-state index contributed by atoms with van der Waals surface area (Å²) < 4.78 is 0. The molecule has 0 aliphatic carbocycles. The number of hydrogen-bond acceptors (Lipinski definition) is 7. The molecule has 0 bridgehead atoms. The van der Waals surface area contributed by atoms with Gasteiger partial charge in [0.25, 0.3) is 5.56 Å². The summed E-state index contributed by atoms with van der Waals surface area (Å²) in [6.45, 7) is 3.91. The fourth-order valence-electron chi connectivity index (χ4n) is 2.34. The molecule has 0 aromatic carbocycles. The number of thiophene rings is 2. The van der Waals surface area contributed by atoms with E-state index in [4.69, 9.17) is 0 Å². The lowest BCUT2D eigenvalue weighted by molar-refractivity contribution is 0.963. The largest absolute Gasteiger partial charge is 0.309 e. The molecule has 0 unspecified atom stereocenters. The zero-order chi connectivity index (χ0) is 16.7. The van der Waals surface area contributed by atoms with Gasteiger partial charge in [-0.3, -0.25) is 9.89 Å². The summed E-state index contributed by atoms with van der Waals surface area (Å²) in [5, 5.41) is 10.2. The van der Waals surface area contributed by atoms with Gasteiger partial charge in [-0.05, 0) is 26.0 Å². The van der Waals surface area contributed by atoms with Gasteiger partial charge in [-0.25, -0.2) is 9.97 Å². The van der Waals surface area contributed by atoms with Crippen molar-refractivity contribution in [2.45, 2.75) is 24.8 Å². The minimum absolute atomic E-state index is 0.0935. The van der Waals surface area contributed by atoms with Crippen LogP contribution in [0.3, 0.4) is 0 Å². The third kappa shape index (κ3) is 2.90. The lowest BCUT2D eigenvalue weighted by Crippen LogP contribution is -2.10. The normalized spacial score (nSPS) is 11.4. The zero-order valence-corrected chi connectivity index (χ0v) is 15.4. The molecule has 4 rings (SSSR count). The SMILES string of the molecule is Cc1nc(SCc2nc3scc(-c4ccc(C)s4)c3c(=O)[nH]2)n[nH]1. The van der Waals surface area contributed by atoms with Gasteiger partial charge in [-0.1, -0.05) is 11.8 Å². The fourth-order valence-corrected chi connectivity index (χ4v) is 4.98. The van der Waals surface area contributed by atoms with Crippen LogP contribution in [-0.4, -0.2) is 25.1 Å². The van der Waals surface area contributed by atoms with Crippen LogP contribution in [0.5, 0.6) is 0 Å². The van der Waals surface area contributed by atoms with E-state index in [-0.39, 0.29) is 5.56 Å². The van der Waals surface area contributed by atoms with Gasteiger partial charge in [0.2, 0.25) is 5.16 Å². The molecule has 0 spiro atoms. The first kappa shape index (κ1) is 15.6. The molecule has 2 N–H and O–H groups in total. The number of hydrogen-bond donors (Lipinski definition) is 2. The van der Waals surface area contributed by atoms with Gasteiger partial charge in [0, 0.05) is 20.7 Å². The molecular formula is C15H13N5OS3. The maximum atomic E-state index is 12.5. The van der Waals surface area contributed by atoms with Gasteiger partial charge in [0.15, 0.2) is 0 Å². The van der Waals surface area contributed by atoms with Crippen molar-refractivity contribution < 1.29 is 0 Å². The van der Waals surface area contributed by atoms with Crippen LogP contribution in [0.2, 0.25) is 0 Å². The van der Waals surface area contributed by atoms with E-state index in [1.54, 1.807) is 11.3 Å². The number of nitrogens with one attached hydrogen (secondary N) is 2. The second-order valence-electron chi connectivity index (χ2n) is 5.24. The van der Waals surface area contributed by atoms with Crippen LogP contribution in [0.1, 0.15) is 16.5 Å². The average molecular weight is 376 g/mol. The number of thioether (sulfide) groups is 1. The van der Waals surface area contributed by atoms with Gasteiger partial charge in [-0.2, -0.15) is 0 Å². The summed E-state index contributed by atoms with van der Waals surface area (Å²) in [6, 6.07) is 4.12. The molecule has 4 aromatic rings. The lowest BCUT2D eigenvalue weighted by Gasteiger charge is -2.00. The summed E-state index contributed by atoms with van der Waals surface area (Å²) in [4.78, 5) is 27.4. The number of rotatable bonds is 4. The Morgan fingerprint density at radius 1 is 1.25 bits per heavy atom. The third-order valence-corrected chi connectivity index (χ3v) is 6.18. The highest BCUT2D eigenvalue weighted by Gasteiger charge is 2.14. The lowest BCUT2D eigenvalue weighted by atomic mass is 10.2. The Morgan fingerprint density at radius 2 is 2.12 bits per heavy atom. The Labute approximate surface area is 149 Å². The van der Waals surface area contributed by atoms with Crippen LogP contribution in [0, 0.1) is 13.8 Å². The molecule has 0 aliphatic rings. The van der Waals surface area contributed by atoms with E-state index in [1.165, 1.54) is 28.0 Å². The van der Waals surface area contributed by atoms with E-state index in [0.717, 1.165) is 21.1 Å². The molecule has 0 saturated carbocycles. The van der Waals surface area contributed by atoms with Crippen LogP contribution in [-0.2, 0) is 5.75 Å². The number of nitrogens with zero attached hydrogens (tertiary/aromatic N) is 3. The van der Waals surface area contributed by atoms with Gasteiger partial charge in [0.1, 0.15) is 16.5 Å². The van der Waals surface area contributed by atoms with Crippen molar-refractivity contribution in [1.29, 1.82) is 0 Å². The second-order valence-corrected chi connectivity index (χ2v) is 8.33. The number of aryl methyl sites for hydroxylation is 2. The predicted octanol–water partition coefficient (Wildman–Crippen LogP) is 3.74. The van der Waals surface area contributed by atoms with Crippen molar-refractivity contribution in [3.63, 3.8) is 0 Å². The maximum absolute atomic E-state index is 12.5. The number of aromatic amines is 2. The first-order valence-corrected chi connectivity index (χ1v) is 9.87. The minimum Gasteiger partial charge on any atom is -0.309 e. The van der Waals surface area contributed by atoms with E-state index < -0.39 is 0 Å². The van der Waals surface area contributed by atoms with Crippen LogP contribution in [0.4, 0.5) is 0 Å². The van der Waals surface area contributed by atoms with Gasteiger partial charge < -0.3 is 4.98 Å². The van der Waals surface area contributed by atoms with Crippen molar-refractivity contribution in [3.8, 4) is 10.4 Å². The number of fused-ring (bicyclic) bond motifs is 1. The summed E-state index contributed by atoms with van der Waals surface area (Å²) in [5.41, 5.74) is 0.870. The standard InChI is InChI=1S/C15H13N5OS3/c1-7-3-4-10(24-7)9-5-22-14-12(9)13(21)17-11(18-14)6-23-15-16-8(2)19-20-15/h3-5H,6H2,1-2H3,(H,16,19,20)(H,17,18,21). The molecule has 4 heterocycles. The Kier molecular flexibility index (Phi) is 3.99. The molecule has 0 aliphatic heterocycles. The van der Waals surface area contributed by atoms with Crippen LogP contribution < -0.4 is 5.56 Å². The van der Waals surface area contributed by atoms with Crippen molar-refractivity contribution in [2.75, 3.05) is 0 Å². The second kappa shape index (κ2) is 6.15. The van der Waals surface area contributed by atoms with Gasteiger partial charge in [-0.15, -0.1) is 27.8 Å². The quantitative estimate of drug-likeness (QED) is 0.531. The Morgan fingerprint density at radius 3 is 2.83 bits per heavy atom. The maximum Gasteiger partial charge on any atom is 0.260 e. The molecular weight excluding hydrogens is 362 g/mol. The van der Waals surface area contributed by atoms with Crippen LogP contribution in [0.15, 0.2) is 27.5 Å². The number of aromatic nitrogens is 5. The van der Waals surface area contributed by atoms with Gasteiger partial charge in [0.05, 0.1) is 11.1 Å². The smallest absolute Gasteiger partial charge is 0.260 e. The van der Waals surface area contributed by atoms with Crippen molar-refractivity contribution in [3.05, 3.63) is 44.4 Å². The highest BCUT2D eigenvalue weighted by molar-refractivity contribution is 7.98. The molecule has 24 heavy (non-hydrogen) atoms. The summed E-state index contributed by atoms with van der Waals surface area (Å²) in [6.07, 6.45) is 0. The molecule has 122 valence electrons. The number of H-pyrrole nitrogens is 2. The van der Waals surface area contributed by atoms with E-state index >= 15 is 0 Å². The van der Waals surface area contributed by atoms with Gasteiger partial charge >= 0.3 is 0 Å². The highest BCUT2D eigenvalue weighted by atomic mass is 32.2. The van der Waals surface area contributed by atoms with E-state index in [2.05, 4.69) is 44.2 Å². The summed E-state index contributed by atoms with van der Waals surface area (Å²) in [7, 11) is 0. The fraction of sp³-hybridized carbons (Fsp3) is 0.200. The molecule has 6 nitrogen and oxygen atoms in total. The molecule has 9 heteroatoms. The van der Waals surface area contributed by atoms with E-state index in [1.807, 2.05) is 12.3 Å². The Hall–Kier alpha value is -1.97. The first-order valence-electron chi connectivity index (χ1n) is 7.19. The molecule has 0 radical (unpaired) electrons. The van der Waals surface area contributed by atoms with Crippen LogP contribution >= 0.6 is 34.4 Å². The van der Waals surface area contributed by atoms with E-state index in [0.29, 0.717) is 22.1 Å². The Balaban J connectivity index is 1.67. The van der Waals surface area contributed by atoms with E-state index in [9.17, 15) is 4.79 Å². The first-order chi connectivity index (χ1) is 11.6. The average Bonchev–Trinajstić information content (AvgIpc) is 3.25. The topological polar surface area (TPSA) is 87.3 Å². The minimum atomic E-state index is -0.0935. The molecule has 0 atom stereocenters. The van der Waals surface area contributed by atoms with Crippen LogP contribution in [0.25, 0.3) is 20.7 Å². The molecule has 0 fully saturated rings. The zero-order valence-electron chi connectivity index (χ0n) is 12.9. The third-order valence-electron chi connectivity index (χ3n) is 3.41. The summed E-state index contributed by atoms with van der Waals surface area (Å²) >= 11 is 4.62. The van der Waals surface area contributed by atoms with Crippen molar-refractivity contribution >= 4 is 44.7 Å². The predicted molar refractivity (Wildman–Crippen MR) is 99.0 cm³/mol. The Bertz CT molecular complexity index is 1070. The molecule has 0 amide bonds. The monoisotopic (exact) mass is 375 g/mol. The molecule has 0 saturated heterocycles. The van der Waals surface area contributed by atoms with Crippen molar-refractivity contribution in [1.82, 2.24) is 25.1 Å². The highest BCUT2D eigenvalue weighted by Crippen LogP contribution is 2.35. The van der Waals surface area contributed by atoms with Crippen molar-refractivity contribution in [2.24, 2.45) is 0 Å². The molecule has 4 aromatic heterocycles. The summed E-state index contributed by atoms with van der Waals surface area (Å²) in [5.74, 6) is 1.92.